The van der Waals surface area contributed by atoms with E-state index >= 15 is 0 Å². The monoisotopic (exact) mass is 362 g/mol. The Kier molecular flexibility index (Phi) is 4.31. The van der Waals surface area contributed by atoms with Gasteiger partial charge in [0.25, 0.3) is 5.91 Å². The molecule has 0 aromatic carbocycles. The highest BCUT2D eigenvalue weighted by Gasteiger charge is 2.59. The number of furan rings is 1. The van der Waals surface area contributed by atoms with Gasteiger partial charge < -0.3 is 19.2 Å². The summed E-state index contributed by atoms with van der Waals surface area (Å²) in [6.45, 7) is 7.11. The van der Waals surface area contributed by atoms with Gasteiger partial charge in [0.05, 0.1) is 5.56 Å². The van der Waals surface area contributed by atoms with Crippen LogP contribution in [0.2, 0.25) is 0 Å². The van der Waals surface area contributed by atoms with E-state index in [1.54, 1.807) is 17.9 Å². The van der Waals surface area contributed by atoms with Gasteiger partial charge in [-0.1, -0.05) is 0 Å². The standard InChI is InChI=1S/C19H26N2O5/c1-12-7-16(13(2)26-12)17(22)21-9-14-8-20(15-3-5-25-6-4-15)10-19(14,11-21)18(23)24/h7,14-15H,3-6,8-11H2,1-2H3,(H,23,24)/t14-,19-/m1/s1. The van der Waals surface area contributed by atoms with Crippen molar-refractivity contribution in [3.05, 3.63) is 23.2 Å². The summed E-state index contributed by atoms with van der Waals surface area (Å²) < 4.78 is 10.9. The van der Waals surface area contributed by atoms with Gasteiger partial charge in [0, 0.05) is 51.4 Å². The minimum atomic E-state index is -0.860. The Bertz CT molecular complexity index is 724. The van der Waals surface area contributed by atoms with Crippen molar-refractivity contribution in [2.24, 2.45) is 11.3 Å². The van der Waals surface area contributed by atoms with Crippen LogP contribution in [-0.4, -0.2) is 72.2 Å². The van der Waals surface area contributed by atoms with Gasteiger partial charge in [-0.15, -0.1) is 0 Å². The maximum atomic E-state index is 12.9. The first-order chi connectivity index (χ1) is 12.4. The third-order valence-electron chi connectivity index (χ3n) is 6.33. The van der Waals surface area contributed by atoms with Gasteiger partial charge in [-0.2, -0.15) is 0 Å². The number of aryl methyl sites for hydroxylation is 2. The van der Waals surface area contributed by atoms with Gasteiger partial charge in [0.2, 0.25) is 0 Å². The van der Waals surface area contributed by atoms with Crippen LogP contribution < -0.4 is 0 Å². The first kappa shape index (κ1) is 17.5. The molecule has 1 amide bonds. The molecule has 1 aromatic rings. The number of hydrogen-bond acceptors (Lipinski definition) is 5. The fraction of sp³-hybridized carbons (Fsp3) is 0.684. The lowest BCUT2D eigenvalue weighted by Gasteiger charge is -2.33. The first-order valence-electron chi connectivity index (χ1n) is 9.32. The molecule has 0 aliphatic carbocycles. The van der Waals surface area contributed by atoms with E-state index in [0.29, 0.717) is 36.2 Å². The van der Waals surface area contributed by atoms with E-state index in [-0.39, 0.29) is 18.4 Å². The molecule has 0 unspecified atom stereocenters. The van der Waals surface area contributed by atoms with Crippen LogP contribution >= 0.6 is 0 Å². The molecule has 1 aromatic heterocycles. The second-order valence-corrected chi connectivity index (χ2v) is 7.94. The second kappa shape index (κ2) is 6.39. The number of carboxylic acids is 1. The van der Waals surface area contributed by atoms with Crippen LogP contribution in [0.25, 0.3) is 0 Å². The van der Waals surface area contributed by atoms with Crippen molar-refractivity contribution >= 4 is 11.9 Å². The Labute approximate surface area is 152 Å². The average molecular weight is 362 g/mol. The Balaban J connectivity index is 1.52. The molecule has 4 rings (SSSR count). The van der Waals surface area contributed by atoms with E-state index in [0.717, 1.165) is 32.6 Å². The highest BCUT2D eigenvalue weighted by Crippen LogP contribution is 2.44. The molecule has 142 valence electrons. The predicted molar refractivity (Wildman–Crippen MR) is 93.1 cm³/mol. The lowest BCUT2D eigenvalue weighted by molar-refractivity contribution is -0.148. The van der Waals surface area contributed by atoms with Crippen LogP contribution in [-0.2, 0) is 9.53 Å². The number of likely N-dealkylation sites (tertiary alicyclic amines) is 2. The number of hydrogen-bond donors (Lipinski definition) is 1. The van der Waals surface area contributed by atoms with Gasteiger partial charge in [0.15, 0.2) is 0 Å². The Morgan fingerprint density at radius 3 is 2.50 bits per heavy atom. The van der Waals surface area contributed by atoms with Crippen molar-refractivity contribution in [1.29, 1.82) is 0 Å². The van der Waals surface area contributed by atoms with Gasteiger partial charge >= 0.3 is 5.97 Å². The molecule has 3 aliphatic rings. The van der Waals surface area contributed by atoms with Crippen molar-refractivity contribution in [2.45, 2.75) is 32.7 Å². The molecule has 4 heterocycles. The molecule has 3 saturated heterocycles. The first-order valence-corrected chi connectivity index (χ1v) is 9.32. The van der Waals surface area contributed by atoms with Crippen molar-refractivity contribution in [1.82, 2.24) is 9.80 Å². The number of carboxylic acid groups (broad SMARTS) is 1. The molecular weight excluding hydrogens is 336 g/mol. The molecule has 1 N–H and O–H groups in total. The normalized spacial score (nSPS) is 29.9. The van der Waals surface area contributed by atoms with Crippen molar-refractivity contribution in [3.8, 4) is 0 Å². The average Bonchev–Trinajstić information content (AvgIpc) is 3.25. The summed E-state index contributed by atoms with van der Waals surface area (Å²) in [5.41, 5.74) is -0.315. The Morgan fingerprint density at radius 2 is 1.92 bits per heavy atom. The number of carbonyl (C=O) groups is 2. The van der Waals surface area contributed by atoms with E-state index in [9.17, 15) is 14.7 Å². The Morgan fingerprint density at radius 1 is 1.19 bits per heavy atom. The zero-order chi connectivity index (χ0) is 18.5. The zero-order valence-electron chi connectivity index (χ0n) is 15.4. The smallest absolute Gasteiger partial charge is 0.313 e. The lowest BCUT2D eigenvalue weighted by Crippen LogP contribution is -2.45. The molecule has 0 spiro atoms. The number of carbonyl (C=O) groups excluding carboxylic acids is 1. The summed E-state index contributed by atoms with van der Waals surface area (Å²) in [6, 6.07) is 2.14. The molecule has 26 heavy (non-hydrogen) atoms. The van der Waals surface area contributed by atoms with Crippen LogP contribution in [0.15, 0.2) is 10.5 Å². The molecular formula is C19H26N2O5. The number of amides is 1. The summed E-state index contributed by atoms with van der Waals surface area (Å²) in [5.74, 6) is 0.362. The fourth-order valence-corrected chi connectivity index (χ4v) is 4.90. The van der Waals surface area contributed by atoms with E-state index < -0.39 is 11.4 Å². The third-order valence-corrected chi connectivity index (χ3v) is 6.33. The molecule has 7 heteroatoms. The van der Waals surface area contributed by atoms with E-state index in [4.69, 9.17) is 9.15 Å². The van der Waals surface area contributed by atoms with Crippen molar-refractivity contribution in [2.75, 3.05) is 39.4 Å². The minimum Gasteiger partial charge on any atom is -0.481 e. The molecule has 0 saturated carbocycles. The highest BCUT2D eigenvalue weighted by atomic mass is 16.5. The molecule has 2 atom stereocenters. The molecule has 0 bridgehead atoms. The summed E-state index contributed by atoms with van der Waals surface area (Å²) in [4.78, 5) is 29.1. The minimum absolute atomic E-state index is 0.0277. The number of nitrogens with zero attached hydrogens (tertiary/aromatic N) is 2. The van der Waals surface area contributed by atoms with E-state index in [1.165, 1.54) is 0 Å². The van der Waals surface area contributed by atoms with E-state index in [2.05, 4.69) is 4.90 Å². The van der Waals surface area contributed by atoms with Crippen LogP contribution in [0.4, 0.5) is 0 Å². The number of rotatable bonds is 3. The lowest BCUT2D eigenvalue weighted by atomic mass is 9.81. The molecule has 0 radical (unpaired) electrons. The van der Waals surface area contributed by atoms with Crippen LogP contribution in [0, 0.1) is 25.2 Å². The van der Waals surface area contributed by atoms with Crippen LogP contribution in [0.1, 0.15) is 34.7 Å². The maximum Gasteiger partial charge on any atom is 0.313 e. The third kappa shape index (κ3) is 2.74. The maximum absolute atomic E-state index is 12.9. The zero-order valence-corrected chi connectivity index (χ0v) is 15.4. The summed E-state index contributed by atoms with van der Waals surface area (Å²) in [5, 5.41) is 10.0. The van der Waals surface area contributed by atoms with Crippen molar-refractivity contribution < 1.29 is 23.8 Å². The molecule has 7 nitrogen and oxygen atoms in total. The highest BCUT2D eigenvalue weighted by molar-refractivity contribution is 5.96. The predicted octanol–water partition coefficient (Wildman–Crippen LogP) is 1.53. The van der Waals surface area contributed by atoms with Gasteiger partial charge in [-0.25, -0.2) is 0 Å². The number of aliphatic carboxylic acids is 1. The largest absolute Gasteiger partial charge is 0.481 e. The molecule has 3 fully saturated rings. The topological polar surface area (TPSA) is 83.2 Å². The fourth-order valence-electron chi connectivity index (χ4n) is 4.90. The summed E-state index contributed by atoms with van der Waals surface area (Å²) in [6.07, 6.45) is 1.91. The van der Waals surface area contributed by atoms with Crippen LogP contribution in [0.5, 0.6) is 0 Å². The number of fused-ring (bicyclic) bond motifs is 1. The molecule has 3 aliphatic heterocycles. The second-order valence-electron chi connectivity index (χ2n) is 7.94. The quantitative estimate of drug-likeness (QED) is 0.878. The summed E-state index contributed by atoms with van der Waals surface area (Å²) in [7, 11) is 0. The van der Waals surface area contributed by atoms with Gasteiger partial charge in [0.1, 0.15) is 16.9 Å². The van der Waals surface area contributed by atoms with Crippen LogP contribution in [0.3, 0.4) is 0 Å². The van der Waals surface area contributed by atoms with Crippen molar-refractivity contribution in [3.63, 3.8) is 0 Å². The van der Waals surface area contributed by atoms with E-state index in [1.807, 2.05) is 6.92 Å². The summed E-state index contributed by atoms with van der Waals surface area (Å²) >= 11 is 0. The number of ether oxygens (including phenoxy) is 1. The SMILES string of the molecule is Cc1cc(C(=O)N2C[C@H]3CN(C4CCOCC4)C[C@@]3(C(=O)O)C2)c(C)o1. The van der Waals surface area contributed by atoms with Gasteiger partial charge in [-0.05, 0) is 32.8 Å². The van der Waals surface area contributed by atoms with Gasteiger partial charge in [-0.3, -0.25) is 14.5 Å². The Hall–Kier alpha value is -1.86.